The van der Waals surface area contributed by atoms with E-state index in [0.717, 1.165) is 19.4 Å². The molecule has 0 amide bonds. The van der Waals surface area contributed by atoms with Crippen molar-refractivity contribution >= 4 is 11.3 Å². The van der Waals surface area contributed by atoms with Crippen LogP contribution in [0.2, 0.25) is 0 Å². The Kier molecular flexibility index (Phi) is 4.55. The fraction of sp³-hybridized carbons (Fsp3) is 0.500. The van der Waals surface area contributed by atoms with E-state index >= 15 is 0 Å². The summed E-state index contributed by atoms with van der Waals surface area (Å²) in [6, 6.07) is 4.77. The van der Waals surface area contributed by atoms with Crippen LogP contribution >= 0.6 is 11.3 Å². The zero-order valence-corrected chi connectivity index (χ0v) is 12.1. The number of nitrogens with zero attached hydrogens (tertiary/aromatic N) is 2. The van der Waals surface area contributed by atoms with Crippen molar-refractivity contribution in [3.63, 3.8) is 0 Å². The van der Waals surface area contributed by atoms with Crippen LogP contribution in [0.15, 0.2) is 23.7 Å². The Labute approximate surface area is 113 Å². The molecule has 0 bridgehead atoms. The zero-order valence-electron chi connectivity index (χ0n) is 11.3. The zero-order chi connectivity index (χ0) is 13.0. The molecule has 1 unspecified atom stereocenters. The van der Waals surface area contributed by atoms with Gasteiger partial charge in [-0.05, 0) is 24.3 Å². The molecule has 2 rings (SSSR count). The van der Waals surface area contributed by atoms with E-state index < -0.39 is 0 Å². The van der Waals surface area contributed by atoms with E-state index in [1.54, 1.807) is 0 Å². The Bertz CT molecular complexity index is 473. The third-order valence-electron chi connectivity index (χ3n) is 3.16. The number of nitrogens with one attached hydrogen (secondary N) is 1. The average Bonchev–Trinajstić information content (AvgIpc) is 2.99. The lowest BCUT2D eigenvalue weighted by atomic mass is 10.1. The van der Waals surface area contributed by atoms with Crippen molar-refractivity contribution < 1.29 is 0 Å². The number of aromatic nitrogens is 2. The normalized spacial score (nSPS) is 12.8. The van der Waals surface area contributed by atoms with E-state index in [9.17, 15) is 0 Å². The Morgan fingerprint density at radius 2 is 2.28 bits per heavy atom. The van der Waals surface area contributed by atoms with Gasteiger partial charge in [0.05, 0.1) is 5.69 Å². The standard InChI is InChI=1S/C14H21N3S/c1-4-12-11(10-17(3)16-12)9-15-13(5-2)14-7-6-8-18-14/h6-8,10,13,15H,4-5,9H2,1-3H3. The molecule has 18 heavy (non-hydrogen) atoms. The molecule has 1 N–H and O–H groups in total. The highest BCUT2D eigenvalue weighted by atomic mass is 32.1. The van der Waals surface area contributed by atoms with Crippen LogP contribution in [0, 0.1) is 0 Å². The highest BCUT2D eigenvalue weighted by Crippen LogP contribution is 2.22. The van der Waals surface area contributed by atoms with Crippen LogP contribution in [-0.2, 0) is 20.0 Å². The van der Waals surface area contributed by atoms with Crippen molar-refractivity contribution in [3.8, 4) is 0 Å². The van der Waals surface area contributed by atoms with Gasteiger partial charge in [-0.1, -0.05) is 19.9 Å². The molecule has 0 aliphatic carbocycles. The van der Waals surface area contributed by atoms with Crippen molar-refractivity contribution in [2.45, 2.75) is 39.3 Å². The van der Waals surface area contributed by atoms with E-state index in [4.69, 9.17) is 0 Å². The maximum absolute atomic E-state index is 4.47. The maximum Gasteiger partial charge on any atom is 0.0666 e. The summed E-state index contributed by atoms with van der Waals surface area (Å²) in [6.07, 6.45) is 4.23. The van der Waals surface area contributed by atoms with E-state index in [2.05, 4.69) is 48.0 Å². The molecule has 2 aromatic heterocycles. The second-order valence-corrected chi connectivity index (χ2v) is 5.46. The summed E-state index contributed by atoms with van der Waals surface area (Å²) in [7, 11) is 1.99. The van der Waals surface area contributed by atoms with Crippen molar-refractivity contribution in [1.29, 1.82) is 0 Å². The molecular weight excluding hydrogens is 242 g/mol. The lowest BCUT2D eigenvalue weighted by Gasteiger charge is -2.15. The predicted molar refractivity (Wildman–Crippen MR) is 76.8 cm³/mol. The summed E-state index contributed by atoms with van der Waals surface area (Å²) in [5.74, 6) is 0. The second-order valence-electron chi connectivity index (χ2n) is 4.49. The van der Waals surface area contributed by atoms with Crippen LogP contribution in [-0.4, -0.2) is 9.78 Å². The van der Waals surface area contributed by atoms with Gasteiger partial charge in [0.1, 0.15) is 0 Å². The Hall–Kier alpha value is -1.13. The first-order valence-corrected chi connectivity index (χ1v) is 7.40. The molecule has 0 fully saturated rings. The first-order chi connectivity index (χ1) is 8.74. The largest absolute Gasteiger partial charge is 0.305 e. The van der Waals surface area contributed by atoms with Gasteiger partial charge in [-0.3, -0.25) is 4.68 Å². The summed E-state index contributed by atoms with van der Waals surface area (Å²) in [6.45, 7) is 5.27. The van der Waals surface area contributed by atoms with E-state index in [1.807, 2.05) is 23.1 Å². The molecule has 0 spiro atoms. The van der Waals surface area contributed by atoms with Crippen molar-refractivity contribution in [2.24, 2.45) is 7.05 Å². The molecule has 2 heterocycles. The van der Waals surface area contributed by atoms with Gasteiger partial charge < -0.3 is 5.32 Å². The SMILES string of the molecule is CCc1nn(C)cc1CNC(CC)c1cccs1. The van der Waals surface area contributed by atoms with Crippen LogP contribution in [0.1, 0.15) is 42.4 Å². The summed E-state index contributed by atoms with van der Waals surface area (Å²) >= 11 is 1.82. The van der Waals surface area contributed by atoms with Gasteiger partial charge in [0, 0.05) is 36.3 Å². The molecular formula is C14H21N3S. The highest BCUT2D eigenvalue weighted by Gasteiger charge is 2.11. The molecule has 0 radical (unpaired) electrons. The van der Waals surface area contributed by atoms with E-state index in [1.165, 1.54) is 16.1 Å². The Morgan fingerprint density at radius 1 is 1.44 bits per heavy atom. The number of thiophene rings is 1. The third kappa shape index (κ3) is 3.00. The minimum absolute atomic E-state index is 0.454. The van der Waals surface area contributed by atoms with Gasteiger partial charge >= 0.3 is 0 Å². The van der Waals surface area contributed by atoms with Crippen LogP contribution < -0.4 is 5.32 Å². The number of aryl methyl sites for hydroxylation is 2. The molecule has 0 aromatic carbocycles. The Morgan fingerprint density at radius 3 is 2.89 bits per heavy atom. The van der Waals surface area contributed by atoms with Crippen LogP contribution in [0.5, 0.6) is 0 Å². The minimum atomic E-state index is 0.454. The van der Waals surface area contributed by atoms with Gasteiger partial charge in [0.2, 0.25) is 0 Å². The van der Waals surface area contributed by atoms with Gasteiger partial charge in [0.15, 0.2) is 0 Å². The van der Waals surface area contributed by atoms with Gasteiger partial charge in [-0.15, -0.1) is 11.3 Å². The second kappa shape index (κ2) is 6.16. The monoisotopic (exact) mass is 263 g/mol. The lowest BCUT2D eigenvalue weighted by molar-refractivity contribution is 0.525. The van der Waals surface area contributed by atoms with Gasteiger partial charge in [-0.2, -0.15) is 5.10 Å². The molecule has 2 aromatic rings. The lowest BCUT2D eigenvalue weighted by Crippen LogP contribution is -2.19. The van der Waals surface area contributed by atoms with Crippen molar-refractivity contribution in [2.75, 3.05) is 0 Å². The molecule has 0 aliphatic rings. The molecule has 98 valence electrons. The first-order valence-electron chi connectivity index (χ1n) is 6.52. The summed E-state index contributed by atoms with van der Waals surface area (Å²) in [5.41, 5.74) is 2.51. The Balaban J connectivity index is 2.01. The van der Waals surface area contributed by atoms with E-state index in [-0.39, 0.29) is 0 Å². The van der Waals surface area contributed by atoms with Crippen molar-refractivity contribution in [3.05, 3.63) is 39.8 Å². The summed E-state index contributed by atoms with van der Waals surface area (Å²) < 4.78 is 1.90. The fourth-order valence-electron chi connectivity index (χ4n) is 2.20. The molecule has 0 aliphatic heterocycles. The third-order valence-corrected chi connectivity index (χ3v) is 4.15. The van der Waals surface area contributed by atoms with Crippen LogP contribution in [0.3, 0.4) is 0 Å². The highest BCUT2D eigenvalue weighted by molar-refractivity contribution is 7.10. The molecule has 1 atom stereocenters. The van der Waals surface area contributed by atoms with Gasteiger partial charge in [-0.25, -0.2) is 0 Å². The predicted octanol–water partition coefficient (Wildman–Crippen LogP) is 3.28. The summed E-state index contributed by atoms with van der Waals surface area (Å²) in [4.78, 5) is 1.42. The van der Waals surface area contributed by atoms with Crippen LogP contribution in [0.25, 0.3) is 0 Å². The maximum atomic E-state index is 4.47. The van der Waals surface area contributed by atoms with Gasteiger partial charge in [0.25, 0.3) is 0 Å². The van der Waals surface area contributed by atoms with E-state index in [0.29, 0.717) is 6.04 Å². The topological polar surface area (TPSA) is 29.9 Å². The smallest absolute Gasteiger partial charge is 0.0666 e. The number of rotatable bonds is 6. The quantitative estimate of drug-likeness (QED) is 0.866. The number of hydrogen-bond acceptors (Lipinski definition) is 3. The minimum Gasteiger partial charge on any atom is -0.305 e. The number of hydrogen-bond donors (Lipinski definition) is 1. The first kappa shape index (κ1) is 13.3. The fourth-order valence-corrected chi connectivity index (χ4v) is 3.08. The molecule has 0 saturated carbocycles. The molecule has 4 heteroatoms. The molecule has 0 saturated heterocycles. The molecule has 3 nitrogen and oxygen atoms in total. The summed E-state index contributed by atoms with van der Waals surface area (Å²) in [5, 5.41) is 10.2. The average molecular weight is 263 g/mol. The van der Waals surface area contributed by atoms with Crippen LogP contribution in [0.4, 0.5) is 0 Å². The van der Waals surface area contributed by atoms with Crippen molar-refractivity contribution in [1.82, 2.24) is 15.1 Å².